The maximum Gasteiger partial charge on any atom is 0.416 e. The average molecular weight is 302 g/mol. The summed E-state index contributed by atoms with van der Waals surface area (Å²) >= 11 is 0. The van der Waals surface area contributed by atoms with Gasteiger partial charge in [-0.05, 0) is 25.1 Å². The van der Waals surface area contributed by atoms with Crippen LogP contribution >= 0.6 is 0 Å². The van der Waals surface area contributed by atoms with E-state index in [0.717, 1.165) is 12.1 Å². The van der Waals surface area contributed by atoms with Gasteiger partial charge in [-0.25, -0.2) is 0 Å². The van der Waals surface area contributed by atoms with Crippen LogP contribution in [0.15, 0.2) is 24.3 Å². The molecule has 1 aliphatic rings. The molecule has 1 aliphatic heterocycles. The molecular formula is C14H17F3N2O2. The summed E-state index contributed by atoms with van der Waals surface area (Å²) in [6.07, 6.45) is -4.42. The minimum absolute atomic E-state index is 0.148. The van der Waals surface area contributed by atoms with Crippen molar-refractivity contribution in [2.45, 2.75) is 19.1 Å². The van der Waals surface area contributed by atoms with Gasteiger partial charge in [0.2, 0.25) is 5.91 Å². The number of rotatable bonds is 3. The molecular weight excluding hydrogens is 285 g/mol. The molecule has 0 saturated carbocycles. The molecule has 4 nitrogen and oxygen atoms in total. The molecule has 0 radical (unpaired) electrons. The Kier molecular flexibility index (Phi) is 4.84. The van der Waals surface area contributed by atoms with Crippen molar-refractivity contribution in [1.29, 1.82) is 0 Å². The van der Waals surface area contributed by atoms with Gasteiger partial charge in [0.05, 0.1) is 24.8 Å². The van der Waals surface area contributed by atoms with Gasteiger partial charge < -0.3 is 10.1 Å². The maximum atomic E-state index is 12.6. The lowest BCUT2D eigenvalue weighted by Crippen LogP contribution is -2.47. The summed E-state index contributed by atoms with van der Waals surface area (Å²) in [5.41, 5.74) is -0.630. The van der Waals surface area contributed by atoms with Gasteiger partial charge in [0.15, 0.2) is 0 Å². The predicted octanol–water partition coefficient (Wildman–Crippen LogP) is 2.36. The van der Waals surface area contributed by atoms with Gasteiger partial charge in [-0.2, -0.15) is 13.2 Å². The Hall–Kier alpha value is -1.60. The van der Waals surface area contributed by atoms with Gasteiger partial charge in [0.1, 0.15) is 0 Å². The van der Waals surface area contributed by atoms with E-state index in [2.05, 4.69) is 5.32 Å². The van der Waals surface area contributed by atoms with E-state index in [1.165, 1.54) is 12.1 Å². The number of carbonyl (C=O) groups is 1. The number of morpholine rings is 1. The van der Waals surface area contributed by atoms with E-state index >= 15 is 0 Å². The van der Waals surface area contributed by atoms with Crippen molar-refractivity contribution in [3.05, 3.63) is 29.8 Å². The molecule has 0 bridgehead atoms. The van der Waals surface area contributed by atoms with Crippen molar-refractivity contribution in [3.8, 4) is 0 Å². The van der Waals surface area contributed by atoms with Crippen LogP contribution in [0.3, 0.4) is 0 Å². The van der Waals surface area contributed by atoms with Crippen molar-refractivity contribution in [3.63, 3.8) is 0 Å². The predicted molar refractivity (Wildman–Crippen MR) is 71.9 cm³/mol. The molecule has 1 fully saturated rings. The van der Waals surface area contributed by atoms with E-state index < -0.39 is 17.8 Å². The highest BCUT2D eigenvalue weighted by Crippen LogP contribution is 2.30. The molecule has 2 rings (SSSR count). The number of nitrogens with one attached hydrogen (secondary N) is 1. The third-order valence-corrected chi connectivity index (χ3v) is 3.43. The van der Waals surface area contributed by atoms with Crippen LogP contribution in [0.5, 0.6) is 0 Å². The Balaban J connectivity index is 2.02. The molecule has 0 unspecified atom stereocenters. The summed E-state index contributed by atoms with van der Waals surface area (Å²) < 4.78 is 43.1. The molecule has 1 atom stereocenters. The molecule has 21 heavy (non-hydrogen) atoms. The summed E-state index contributed by atoms with van der Waals surface area (Å²) in [5, 5.41) is 2.53. The highest BCUT2D eigenvalue weighted by molar-refractivity contribution is 5.94. The van der Waals surface area contributed by atoms with Crippen LogP contribution in [0.2, 0.25) is 0 Å². The highest BCUT2D eigenvalue weighted by Gasteiger charge is 2.30. The first-order chi connectivity index (χ1) is 9.88. The van der Waals surface area contributed by atoms with E-state index in [1.54, 1.807) is 6.92 Å². The Labute approximate surface area is 120 Å². The summed E-state index contributed by atoms with van der Waals surface area (Å²) in [7, 11) is 0. The van der Waals surface area contributed by atoms with Crippen molar-refractivity contribution >= 4 is 11.6 Å². The first kappa shape index (κ1) is 15.8. The van der Waals surface area contributed by atoms with Gasteiger partial charge in [-0.3, -0.25) is 9.69 Å². The van der Waals surface area contributed by atoms with E-state index in [-0.39, 0.29) is 11.6 Å². The lowest BCUT2D eigenvalue weighted by Gasteiger charge is -2.31. The fourth-order valence-electron chi connectivity index (χ4n) is 2.15. The number of alkyl halides is 3. The zero-order chi connectivity index (χ0) is 15.5. The second-order valence-electron chi connectivity index (χ2n) is 4.89. The number of hydrogen-bond acceptors (Lipinski definition) is 3. The molecule has 0 aliphatic carbocycles. The maximum absolute atomic E-state index is 12.6. The molecule has 0 aromatic heterocycles. The molecule has 1 heterocycles. The SMILES string of the molecule is C[C@H](C(=O)Nc1cccc(C(F)(F)F)c1)N1CCOCC1. The summed E-state index contributed by atoms with van der Waals surface area (Å²) in [6.45, 7) is 4.12. The molecule has 1 amide bonds. The van der Waals surface area contributed by atoms with E-state index in [1.807, 2.05) is 4.90 Å². The molecule has 0 spiro atoms. The van der Waals surface area contributed by atoms with Crippen LogP contribution in [-0.2, 0) is 15.7 Å². The number of benzene rings is 1. The quantitative estimate of drug-likeness (QED) is 0.932. The van der Waals surface area contributed by atoms with Crippen molar-refractivity contribution in [2.75, 3.05) is 31.6 Å². The van der Waals surface area contributed by atoms with Gasteiger partial charge in [-0.1, -0.05) is 6.07 Å². The summed E-state index contributed by atoms with van der Waals surface area (Å²) in [6, 6.07) is 4.21. The Morgan fingerprint density at radius 3 is 2.62 bits per heavy atom. The lowest BCUT2D eigenvalue weighted by atomic mass is 10.2. The molecule has 1 aromatic carbocycles. The minimum atomic E-state index is -4.42. The number of ether oxygens (including phenoxy) is 1. The van der Waals surface area contributed by atoms with Crippen molar-refractivity contribution < 1.29 is 22.7 Å². The number of halogens is 3. The first-order valence-corrected chi connectivity index (χ1v) is 6.68. The molecule has 1 aromatic rings. The molecule has 116 valence electrons. The Bertz CT molecular complexity index is 499. The zero-order valence-corrected chi connectivity index (χ0v) is 11.6. The number of carbonyl (C=O) groups excluding carboxylic acids is 1. The van der Waals surface area contributed by atoms with Crippen molar-refractivity contribution in [2.24, 2.45) is 0 Å². The number of amides is 1. The smallest absolute Gasteiger partial charge is 0.379 e. The monoisotopic (exact) mass is 302 g/mol. The number of nitrogens with zero attached hydrogens (tertiary/aromatic N) is 1. The fourth-order valence-corrected chi connectivity index (χ4v) is 2.15. The number of hydrogen-bond donors (Lipinski definition) is 1. The molecule has 1 saturated heterocycles. The zero-order valence-electron chi connectivity index (χ0n) is 11.6. The third-order valence-electron chi connectivity index (χ3n) is 3.43. The van der Waals surface area contributed by atoms with E-state index in [0.29, 0.717) is 26.3 Å². The van der Waals surface area contributed by atoms with Crippen LogP contribution < -0.4 is 5.32 Å². The lowest BCUT2D eigenvalue weighted by molar-refractivity contribution is -0.137. The van der Waals surface area contributed by atoms with Crippen LogP contribution in [0.25, 0.3) is 0 Å². The summed E-state index contributed by atoms with van der Waals surface area (Å²) in [4.78, 5) is 14.0. The van der Waals surface area contributed by atoms with Crippen LogP contribution in [0, 0.1) is 0 Å². The van der Waals surface area contributed by atoms with E-state index in [9.17, 15) is 18.0 Å². The average Bonchev–Trinajstić information content (AvgIpc) is 2.47. The summed E-state index contributed by atoms with van der Waals surface area (Å²) in [5.74, 6) is -0.323. The minimum Gasteiger partial charge on any atom is -0.379 e. The van der Waals surface area contributed by atoms with Crippen LogP contribution in [-0.4, -0.2) is 43.2 Å². The normalized spacial score (nSPS) is 18.3. The second-order valence-corrected chi connectivity index (χ2v) is 4.89. The largest absolute Gasteiger partial charge is 0.416 e. The van der Waals surface area contributed by atoms with Gasteiger partial charge in [0, 0.05) is 18.8 Å². The Morgan fingerprint density at radius 2 is 2.00 bits per heavy atom. The van der Waals surface area contributed by atoms with Gasteiger partial charge >= 0.3 is 6.18 Å². The topological polar surface area (TPSA) is 41.6 Å². The standard InChI is InChI=1S/C14H17F3N2O2/c1-10(19-5-7-21-8-6-19)13(20)18-12-4-2-3-11(9-12)14(15,16)17/h2-4,9-10H,5-8H2,1H3,(H,18,20)/t10-/m1/s1. The molecule has 1 N–H and O–H groups in total. The van der Waals surface area contributed by atoms with Gasteiger partial charge in [0.25, 0.3) is 0 Å². The molecule has 7 heteroatoms. The van der Waals surface area contributed by atoms with Crippen LogP contribution in [0.4, 0.5) is 18.9 Å². The van der Waals surface area contributed by atoms with Crippen molar-refractivity contribution in [1.82, 2.24) is 4.90 Å². The Morgan fingerprint density at radius 1 is 1.33 bits per heavy atom. The fraction of sp³-hybridized carbons (Fsp3) is 0.500. The van der Waals surface area contributed by atoms with Gasteiger partial charge in [-0.15, -0.1) is 0 Å². The van der Waals surface area contributed by atoms with Crippen LogP contribution in [0.1, 0.15) is 12.5 Å². The number of anilines is 1. The van der Waals surface area contributed by atoms with E-state index in [4.69, 9.17) is 4.74 Å². The third kappa shape index (κ3) is 4.18. The highest BCUT2D eigenvalue weighted by atomic mass is 19.4. The second kappa shape index (κ2) is 6.44. The first-order valence-electron chi connectivity index (χ1n) is 6.68.